The van der Waals surface area contributed by atoms with Gasteiger partial charge in [0, 0.05) is 31.9 Å². The van der Waals surface area contributed by atoms with Crippen LogP contribution in [-0.4, -0.2) is 46.6 Å². The van der Waals surface area contributed by atoms with Gasteiger partial charge in [0.15, 0.2) is 5.16 Å². The maximum atomic E-state index is 13.1. The molecule has 7 heteroatoms. The number of benzene rings is 2. The van der Waals surface area contributed by atoms with Crippen LogP contribution in [0.2, 0.25) is 0 Å². The molecule has 1 heterocycles. The van der Waals surface area contributed by atoms with Crippen molar-refractivity contribution in [3.63, 3.8) is 0 Å². The number of nitrogens with one attached hydrogen (secondary N) is 1. The third-order valence-corrected chi connectivity index (χ3v) is 5.01. The lowest BCUT2D eigenvalue weighted by atomic mass is 10.1. The quantitative estimate of drug-likeness (QED) is 0.652. The zero-order chi connectivity index (χ0) is 20.1. The molecule has 3 rings (SSSR count). The molecule has 144 valence electrons. The van der Waals surface area contributed by atoms with Crippen LogP contribution in [-0.2, 0) is 6.54 Å². The van der Waals surface area contributed by atoms with Crippen LogP contribution in [0.3, 0.4) is 0 Å². The molecule has 0 aliphatic heterocycles. The predicted molar refractivity (Wildman–Crippen MR) is 111 cm³/mol. The van der Waals surface area contributed by atoms with Gasteiger partial charge in [-0.2, -0.15) is 0 Å². The van der Waals surface area contributed by atoms with E-state index in [9.17, 15) is 9.59 Å². The molecular weight excluding hydrogens is 372 g/mol. The van der Waals surface area contributed by atoms with Crippen molar-refractivity contribution < 1.29 is 9.59 Å². The lowest BCUT2D eigenvalue weighted by Gasteiger charge is -2.19. The van der Waals surface area contributed by atoms with Gasteiger partial charge in [-0.05, 0) is 36.1 Å². The summed E-state index contributed by atoms with van der Waals surface area (Å²) in [6.45, 7) is 0.432. The highest BCUT2D eigenvalue weighted by Gasteiger charge is 2.21. The Kier molecular flexibility index (Phi) is 6.16. The van der Waals surface area contributed by atoms with Gasteiger partial charge in [0.1, 0.15) is 5.69 Å². The molecule has 28 heavy (non-hydrogen) atoms. The van der Waals surface area contributed by atoms with E-state index >= 15 is 0 Å². The Morgan fingerprint density at radius 3 is 2.39 bits per heavy atom. The molecule has 1 N–H and O–H groups in total. The first kappa shape index (κ1) is 19.7. The van der Waals surface area contributed by atoms with Crippen LogP contribution in [0.4, 0.5) is 0 Å². The van der Waals surface area contributed by atoms with E-state index in [4.69, 9.17) is 0 Å². The summed E-state index contributed by atoms with van der Waals surface area (Å²) in [6.07, 6.45) is 3.56. The van der Waals surface area contributed by atoms with Crippen LogP contribution in [0.1, 0.15) is 26.4 Å². The average molecular weight is 395 g/mol. The van der Waals surface area contributed by atoms with Crippen molar-refractivity contribution in [1.29, 1.82) is 0 Å². The summed E-state index contributed by atoms with van der Waals surface area (Å²) in [5.74, 6) is -0.251. The number of hydrogen-bond acceptors (Lipinski definition) is 4. The fourth-order valence-electron chi connectivity index (χ4n) is 2.90. The first-order valence-electron chi connectivity index (χ1n) is 8.78. The standard InChI is InChI=1S/C21H22N4O2S/c1-22-19(26)16-11-9-15(10-12-16)14-24(2)20(27)18-13-23-21(28-3)25(18)17-7-5-4-6-8-17/h4-13H,14H2,1-3H3,(H,22,26). The topological polar surface area (TPSA) is 67.2 Å². The number of carbonyl (C=O) groups excluding carboxylic acids is 2. The van der Waals surface area contributed by atoms with E-state index in [0.717, 1.165) is 16.4 Å². The lowest BCUT2D eigenvalue weighted by Crippen LogP contribution is -2.28. The average Bonchev–Trinajstić information content (AvgIpc) is 3.17. The maximum absolute atomic E-state index is 13.1. The van der Waals surface area contributed by atoms with E-state index in [-0.39, 0.29) is 11.8 Å². The van der Waals surface area contributed by atoms with Crippen LogP contribution >= 0.6 is 11.8 Å². The SMILES string of the molecule is CNC(=O)c1ccc(CN(C)C(=O)c2cnc(SC)n2-c2ccccc2)cc1. The summed E-state index contributed by atoms with van der Waals surface area (Å²) < 4.78 is 1.87. The first-order valence-corrected chi connectivity index (χ1v) is 10.0. The van der Waals surface area contributed by atoms with E-state index in [2.05, 4.69) is 10.3 Å². The number of imidazole rings is 1. The molecule has 0 atom stereocenters. The second-order valence-corrected chi connectivity index (χ2v) is 7.01. The number of nitrogens with zero attached hydrogens (tertiary/aromatic N) is 3. The molecule has 3 aromatic rings. The summed E-state index contributed by atoms with van der Waals surface area (Å²) in [6, 6.07) is 16.9. The van der Waals surface area contributed by atoms with E-state index < -0.39 is 0 Å². The van der Waals surface area contributed by atoms with Crippen molar-refractivity contribution in [2.45, 2.75) is 11.7 Å². The Morgan fingerprint density at radius 2 is 1.79 bits per heavy atom. The van der Waals surface area contributed by atoms with E-state index in [1.54, 1.807) is 37.3 Å². The molecule has 2 aromatic carbocycles. The van der Waals surface area contributed by atoms with Crippen LogP contribution < -0.4 is 5.32 Å². The van der Waals surface area contributed by atoms with Crippen molar-refractivity contribution in [2.75, 3.05) is 20.4 Å². The normalized spacial score (nSPS) is 10.5. The minimum Gasteiger partial charge on any atom is -0.355 e. The van der Waals surface area contributed by atoms with Gasteiger partial charge >= 0.3 is 0 Å². The highest BCUT2D eigenvalue weighted by Crippen LogP contribution is 2.22. The van der Waals surface area contributed by atoms with Crippen molar-refractivity contribution in [3.05, 3.63) is 77.6 Å². The molecule has 1 aromatic heterocycles. The van der Waals surface area contributed by atoms with Crippen LogP contribution in [0, 0.1) is 0 Å². The summed E-state index contributed by atoms with van der Waals surface area (Å²) >= 11 is 1.49. The van der Waals surface area contributed by atoms with Crippen molar-refractivity contribution in [1.82, 2.24) is 19.8 Å². The molecule has 0 aliphatic carbocycles. The minimum atomic E-state index is -0.132. The van der Waals surface area contributed by atoms with Crippen LogP contribution in [0.15, 0.2) is 66.0 Å². The third kappa shape index (κ3) is 4.09. The smallest absolute Gasteiger partial charge is 0.272 e. The van der Waals surface area contributed by atoms with Gasteiger partial charge < -0.3 is 10.2 Å². The Balaban J connectivity index is 1.82. The number of rotatable bonds is 6. The summed E-state index contributed by atoms with van der Waals surface area (Å²) in [5.41, 5.74) is 2.95. The molecule has 0 spiro atoms. The second-order valence-electron chi connectivity index (χ2n) is 6.24. The number of aromatic nitrogens is 2. The monoisotopic (exact) mass is 394 g/mol. The minimum absolute atomic E-state index is 0.118. The van der Waals surface area contributed by atoms with Gasteiger partial charge in [0.05, 0.1) is 6.20 Å². The highest BCUT2D eigenvalue weighted by molar-refractivity contribution is 7.98. The van der Waals surface area contributed by atoms with Crippen LogP contribution in [0.5, 0.6) is 0 Å². The highest BCUT2D eigenvalue weighted by atomic mass is 32.2. The van der Waals surface area contributed by atoms with E-state index in [1.807, 2.05) is 53.3 Å². The van der Waals surface area contributed by atoms with Crippen molar-refractivity contribution >= 4 is 23.6 Å². The Bertz CT molecular complexity index is 968. The third-order valence-electron chi connectivity index (χ3n) is 4.36. The molecule has 2 amide bonds. The molecule has 6 nitrogen and oxygen atoms in total. The number of carbonyl (C=O) groups is 2. The van der Waals surface area contributed by atoms with Gasteiger partial charge in [-0.15, -0.1) is 0 Å². The summed E-state index contributed by atoms with van der Waals surface area (Å²) in [4.78, 5) is 30.8. The maximum Gasteiger partial charge on any atom is 0.272 e. The first-order chi connectivity index (χ1) is 13.5. The van der Waals surface area contributed by atoms with E-state index in [0.29, 0.717) is 17.8 Å². The number of amides is 2. The lowest BCUT2D eigenvalue weighted by molar-refractivity contribution is 0.0776. The second kappa shape index (κ2) is 8.75. The molecule has 0 bridgehead atoms. The van der Waals surface area contributed by atoms with Gasteiger partial charge in [0.25, 0.3) is 11.8 Å². The Labute approximate surface area is 168 Å². The predicted octanol–water partition coefficient (Wildman–Crippen LogP) is 3.23. The summed E-state index contributed by atoms with van der Waals surface area (Å²) in [5, 5.41) is 3.36. The zero-order valence-electron chi connectivity index (χ0n) is 16.0. The summed E-state index contributed by atoms with van der Waals surface area (Å²) in [7, 11) is 3.36. The number of thioether (sulfide) groups is 1. The molecule has 0 unspecified atom stereocenters. The van der Waals surface area contributed by atoms with E-state index in [1.165, 1.54) is 11.8 Å². The van der Waals surface area contributed by atoms with Crippen molar-refractivity contribution in [3.8, 4) is 5.69 Å². The molecule has 0 saturated heterocycles. The van der Waals surface area contributed by atoms with Crippen molar-refractivity contribution in [2.24, 2.45) is 0 Å². The Morgan fingerprint density at radius 1 is 1.11 bits per heavy atom. The van der Waals surface area contributed by atoms with Crippen LogP contribution in [0.25, 0.3) is 5.69 Å². The van der Waals surface area contributed by atoms with Gasteiger partial charge in [-0.25, -0.2) is 4.98 Å². The zero-order valence-corrected chi connectivity index (χ0v) is 16.9. The Hall–Kier alpha value is -3.06. The fourth-order valence-corrected chi connectivity index (χ4v) is 3.45. The van der Waals surface area contributed by atoms with Gasteiger partial charge in [0.2, 0.25) is 0 Å². The van der Waals surface area contributed by atoms with Gasteiger partial charge in [-0.1, -0.05) is 42.1 Å². The molecule has 0 aliphatic rings. The molecule has 0 fully saturated rings. The number of hydrogen-bond donors (Lipinski definition) is 1. The number of para-hydroxylation sites is 1. The molecule has 0 radical (unpaired) electrons. The largest absolute Gasteiger partial charge is 0.355 e. The fraction of sp³-hybridized carbons (Fsp3) is 0.190. The molecule has 0 saturated carbocycles. The molecular formula is C21H22N4O2S. The van der Waals surface area contributed by atoms with Gasteiger partial charge in [-0.3, -0.25) is 14.2 Å².